The van der Waals surface area contributed by atoms with E-state index in [1.165, 1.54) is 24.1 Å². The van der Waals surface area contributed by atoms with Crippen LogP contribution in [0.25, 0.3) is 0 Å². The van der Waals surface area contributed by atoms with Gasteiger partial charge in [-0.15, -0.1) is 0 Å². The number of likely N-dealkylation sites (N-methyl/N-ethyl adjacent to an activating group) is 1. The maximum absolute atomic E-state index is 12.6. The van der Waals surface area contributed by atoms with E-state index in [9.17, 15) is 28.3 Å². The molecular weight excluding hydrogens is 520 g/mol. The molecule has 11 heteroatoms. The fraction of sp³-hybridized carbons (Fsp3) is 0.241. The smallest absolute Gasteiger partial charge is 0.321 e. The highest BCUT2D eigenvalue weighted by molar-refractivity contribution is 5.97. The van der Waals surface area contributed by atoms with E-state index in [1.54, 1.807) is 37.3 Å². The lowest BCUT2D eigenvalue weighted by atomic mass is 10.1. The number of hydrogen-bond donors (Lipinski definition) is 5. The number of phenolic OH excluding ortho intramolecular Hbond substituents is 1. The van der Waals surface area contributed by atoms with Gasteiger partial charge in [-0.1, -0.05) is 36.4 Å². The zero-order chi connectivity index (χ0) is 29.9. The molecule has 9 nitrogen and oxygen atoms in total. The van der Waals surface area contributed by atoms with Crippen molar-refractivity contribution >= 4 is 35.3 Å². The quantitative estimate of drug-likeness (QED) is 0.190. The number of nitrogens with zero attached hydrogens (tertiary/aromatic N) is 1. The highest BCUT2D eigenvalue weighted by Crippen LogP contribution is 2.24. The van der Waals surface area contributed by atoms with E-state index in [-0.39, 0.29) is 24.2 Å². The van der Waals surface area contributed by atoms with Gasteiger partial charge in [-0.2, -0.15) is 8.78 Å². The van der Waals surface area contributed by atoms with Crippen LogP contribution < -0.4 is 16.4 Å². The Morgan fingerprint density at radius 3 is 2.35 bits per heavy atom. The first kappa shape index (κ1) is 31.4. The van der Waals surface area contributed by atoms with E-state index in [4.69, 9.17) is 11.1 Å². The Hall–Kier alpha value is -4.80. The van der Waals surface area contributed by atoms with Gasteiger partial charge in [-0.25, -0.2) is 0 Å². The van der Waals surface area contributed by atoms with Crippen LogP contribution in [0, 0.1) is 5.41 Å². The number of amides is 3. The summed E-state index contributed by atoms with van der Waals surface area (Å²) in [5, 5.41) is 22.2. The third-order valence-electron chi connectivity index (χ3n) is 5.48. The van der Waals surface area contributed by atoms with E-state index in [0.29, 0.717) is 35.8 Å². The molecule has 0 fully saturated rings. The molecule has 0 aliphatic rings. The Bertz CT molecular complexity index is 1330. The number of rotatable bonds is 10. The summed E-state index contributed by atoms with van der Waals surface area (Å²) in [7, 11) is 1.50. The first-order valence-electron chi connectivity index (χ1n) is 12.3. The third kappa shape index (κ3) is 10.2. The number of carbonyl (C=O) groups excluding carboxylic acids is 3. The first-order valence-corrected chi connectivity index (χ1v) is 12.3. The summed E-state index contributed by atoms with van der Waals surface area (Å²) < 4.78 is 25.2. The van der Waals surface area contributed by atoms with Gasteiger partial charge in [0.25, 0.3) is 11.8 Å². The minimum Gasteiger partial charge on any atom is -0.508 e. The van der Waals surface area contributed by atoms with E-state index < -0.39 is 17.7 Å². The van der Waals surface area contributed by atoms with Gasteiger partial charge in [-0.05, 0) is 55.3 Å². The van der Waals surface area contributed by atoms with Crippen molar-refractivity contribution < 1.29 is 28.3 Å². The highest BCUT2D eigenvalue weighted by atomic mass is 19.3. The number of phenols is 1. The molecule has 212 valence electrons. The van der Waals surface area contributed by atoms with Crippen LogP contribution in [0.5, 0.6) is 5.75 Å². The number of anilines is 2. The lowest BCUT2D eigenvalue weighted by Crippen LogP contribution is -2.43. The number of aromatic hydroxyl groups is 1. The lowest BCUT2D eigenvalue weighted by molar-refractivity contribution is -0.143. The van der Waals surface area contributed by atoms with Crippen molar-refractivity contribution in [3.63, 3.8) is 0 Å². The van der Waals surface area contributed by atoms with Gasteiger partial charge in [0.1, 0.15) is 5.75 Å². The molecule has 1 atom stereocenters. The number of nitrogens with two attached hydrogens (primary N) is 1. The molecular formula is C29H33F2N5O4. The number of halogens is 2. The maximum Gasteiger partial charge on any atom is 0.321 e. The number of carbonyl (C=O) groups is 3. The Labute approximate surface area is 231 Å². The predicted octanol–water partition coefficient (Wildman–Crippen LogP) is 4.08. The van der Waals surface area contributed by atoms with Gasteiger partial charge in [0, 0.05) is 48.7 Å². The van der Waals surface area contributed by atoms with Crippen molar-refractivity contribution in [3.8, 4) is 5.75 Å². The summed E-state index contributed by atoms with van der Waals surface area (Å²) in [5.41, 5.74) is 8.28. The van der Waals surface area contributed by atoms with Gasteiger partial charge in [0.15, 0.2) is 0 Å². The summed E-state index contributed by atoms with van der Waals surface area (Å²) in [5.74, 6) is -5.38. The van der Waals surface area contributed by atoms with E-state index in [1.807, 2.05) is 30.3 Å². The molecule has 0 spiro atoms. The largest absolute Gasteiger partial charge is 0.508 e. The predicted molar refractivity (Wildman–Crippen MR) is 150 cm³/mol. The molecule has 6 N–H and O–H groups in total. The summed E-state index contributed by atoms with van der Waals surface area (Å²) in [6.45, 7) is 2.14. The third-order valence-corrected chi connectivity index (χ3v) is 5.48. The molecule has 3 rings (SSSR count). The zero-order valence-corrected chi connectivity index (χ0v) is 22.4. The summed E-state index contributed by atoms with van der Waals surface area (Å²) >= 11 is 0. The summed E-state index contributed by atoms with van der Waals surface area (Å²) in [6.07, 6.45) is 1.67. The second-order valence-corrected chi connectivity index (χ2v) is 9.20. The van der Waals surface area contributed by atoms with Crippen LogP contribution in [-0.4, -0.2) is 59.5 Å². The molecule has 0 saturated carbocycles. The molecule has 0 aliphatic heterocycles. The van der Waals surface area contributed by atoms with Gasteiger partial charge < -0.3 is 31.8 Å². The zero-order valence-electron chi connectivity index (χ0n) is 22.4. The van der Waals surface area contributed by atoms with Crippen molar-refractivity contribution in [3.05, 3.63) is 89.5 Å². The molecule has 1 unspecified atom stereocenters. The number of nitrogens with one attached hydrogen (secondary N) is 3. The van der Waals surface area contributed by atoms with Crippen LogP contribution in [0.2, 0.25) is 0 Å². The molecule has 3 aromatic rings. The fourth-order valence-corrected chi connectivity index (χ4v) is 3.56. The van der Waals surface area contributed by atoms with Crippen molar-refractivity contribution in [2.45, 2.75) is 32.2 Å². The number of primary amides is 1. The van der Waals surface area contributed by atoms with Crippen LogP contribution >= 0.6 is 0 Å². The number of benzene rings is 3. The van der Waals surface area contributed by atoms with Crippen LogP contribution in [0.15, 0.2) is 72.8 Å². The fourth-order valence-electron chi connectivity index (χ4n) is 3.56. The molecule has 0 aliphatic carbocycles. The highest BCUT2D eigenvalue weighted by Gasteiger charge is 2.32. The monoisotopic (exact) mass is 553 g/mol. The van der Waals surface area contributed by atoms with E-state index >= 15 is 0 Å². The van der Waals surface area contributed by atoms with Gasteiger partial charge in [-0.3, -0.25) is 14.4 Å². The Morgan fingerprint density at radius 2 is 1.75 bits per heavy atom. The van der Waals surface area contributed by atoms with Crippen molar-refractivity contribution in [1.82, 2.24) is 10.2 Å². The van der Waals surface area contributed by atoms with Crippen molar-refractivity contribution in [2.75, 3.05) is 18.9 Å². The Balaban J connectivity index is 0.000000305. The molecule has 0 aromatic heterocycles. The molecule has 40 heavy (non-hydrogen) atoms. The SMILES string of the molecule is CC(Cc1ccccc1)NC(=O)C(C)(F)F.CN(CC(N)=O)C(=O)c1cccc(Nc2ccc(O)cc2C=N)c1. The molecule has 3 amide bonds. The van der Waals surface area contributed by atoms with Crippen LogP contribution in [-0.2, 0) is 16.0 Å². The minimum atomic E-state index is -3.31. The molecule has 3 aromatic carbocycles. The first-order chi connectivity index (χ1) is 18.8. The van der Waals surface area contributed by atoms with Crippen LogP contribution in [0.3, 0.4) is 0 Å². The lowest BCUT2D eigenvalue weighted by Gasteiger charge is -2.17. The van der Waals surface area contributed by atoms with Gasteiger partial charge in [0.2, 0.25) is 5.91 Å². The average molecular weight is 554 g/mol. The molecule has 0 bridgehead atoms. The standard InChI is InChI=1S/C17H18N4O3.C12H15F2NO/c1-21(10-16(19)23)17(24)11-3-2-4-13(7-11)20-15-6-5-14(22)8-12(15)9-18;1-9(15-11(16)12(2,13)14)8-10-6-4-3-5-7-10/h2-9,18,20,22H,10H2,1H3,(H2,19,23);3-7,9H,8H2,1-2H3,(H,15,16). The molecule has 0 radical (unpaired) electrons. The molecule has 0 heterocycles. The van der Waals surface area contributed by atoms with Crippen molar-refractivity contribution in [2.24, 2.45) is 5.73 Å². The van der Waals surface area contributed by atoms with Gasteiger partial charge in [0.05, 0.1) is 6.54 Å². The molecule has 0 saturated heterocycles. The maximum atomic E-state index is 12.6. The second kappa shape index (κ2) is 14.4. The van der Waals surface area contributed by atoms with Crippen LogP contribution in [0.4, 0.5) is 20.2 Å². The normalized spacial score (nSPS) is 11.3. The Kier molecular flexibility index (Phi) is 11.3. The summed E-state index contributed by atoms with van der Waals surface area (Å²) in [6, 6.07) is 20.5. The topological polar surface area (TPSA) is 149 Å². The minimum absolute atomic E-state index is 0.0658. The number of hydrogen-bond acceptors (Lipinski definition) is 6. The van der Waals surface area contributed by atoms with E-state index in [0.717, 1.165) is 11.8 Å². The summed E-state index contributed by atoms with van der Waals surface area (Å²) in [4.78, 5) is 35.4. The Morgan fingerprint density at radius 1 is 1.07 bits per heavy atom. The van der Waals surface area contributed by atoms with Gasteiger partial charge >= 0.3 is 5.92 Å². The number of alkyl halides is 2. The van der Waals surface area contributed by atoms with Crippen molar-refractivity contribution in [1.29, 1.82) is 5.41 Å². The van der Waals surface area contributed by atoms with Crippen LogP contribution in [0.1, 0.15) is 35.3 Å². The van der Waals surface area contributed by atoms with E-state index in [2.05, 4.69) is 10.6 Å². The second-order valence-electron chi connectivity index (χ2n) is 9.20. The average Bonchev–Trinajstić information content (AvgIpc) is 2.89.